The van der Waals surface area contributed by atoms with Gasteiger partial charge in [0.2, 0.25) is 5.91 Å². The maximum atomic E-state index is 13.5. The Labute approximate surface area is 195 Å². The highest BCUT2D eigenvalue weighted by atomic mass is 35.5. The molecule has 1 saturated heterocycles. The molecule has 4 bridgehead atoms. The first-order chi connectivity index (χ1) is 15.2. The molecule has 3 atom stereocenters. The minimum atomic E-state index is -0.762. The number of carboxylic acids is 1. The lowest BCUT2D eigenvalue weighted by molar-refractivity contribution is -0.172. The predicted octanol–water partition coefficient (Wildman–Crippen LogP) is 4.69. The third-order valence-electron chi connectivity index (χ3n) is 9.21. The van der Waals surface area contributed by atoms with E-state index in [2.05, 4.69) is 22.3 Å². The van der Waals surface area contributed by atoms with Gasteiger partial charge in [-0.05, 0) is 113 Å². The van der Waals surface area contributed by atoms with Crippen molar-refractivity contribution in [3.63, 3.8) is 0 Å². The van der Waals surface area contributed by atoms with Gasteiger partial charge in [-0.2, -0.15) is 0 Å². The van der Waals surface area contributed by atoms with Crippen molar-refractivity contribution in [2.45, 2.75) is 76.3 Å². The molecule has 1 aliphatic heterocycles. The van der Waals surface area contributed by atoms with Crippen LogP contribution in [0, 0.1) is 23.2 Å². The molecule has 6 heteroatoms. The average Bonchev–Trinajstić information content (AvgIpc) is 2.76. The molecule has 1 amide bonds. The fourth-order valence-electron chi connectivity index (χ4n) is 7.57. The molecule has 1 aromatic carbocycles. The van der Waals surface area contributed by atoms with E-state index in [1.165, 1.54) is 12.0 Å². The largest absolute Gasteiger partial charge is 0.481 e. The fraction of sp³-hybridized carbons (Fsp3) is 0.692. The SMILES string of the molecule is CC(C)(C(=O)NC1C2CC3CC(C2)CC1(C(=O)O)C3)N1CCC(c2ccc(Cl)cc2)CC1. The summed E-state index contributed by atoms with van der Waals surface area (Å²) in [5.74, 6) is 1.13. The van der Waals surface area contributed by atoms with Crippen molar-refractivity contribution in [1.29, 1.82) is 0 Å². The Kier molecular flexibility index (Phi) is 5.57. The van der Waals surface area contributed by atoms with E-state index < -0.39 is 16.9 Å². The Bertz CT molecular complexity index is 877. The van der Waals surface area contributed by atoms with Gasteiger partial charge in [-0.3, -0.25) is 14.5 Å². The van der Waals surface area contributed by atoms with Crippen molar-refractivity contribution in [2.24, 2.45) is 23.2 Å². The quantitative estimate of drug-likeness (QED) is 0.671. The van der Waals surface area contributed by atoms with Crippen LogP contribution < -0.4 is 5.32 Å². The minimum Gasteiger partial charge on any atom is -0.481 e. The number of benzene rings is 1. The van der Waals surface area contributed by atoms with E-state index in [0.29, 0.717) is 23.7 Å². The summed E-state index contributed by atoms with van der Waals surface area (Å²) in [6, 6.07) is 7.89. The summed E-state index contributed by atoms with van der Waals surface area (Å²) in [6.07, 6.45) is 6.80. The van der Waals surface area contributed by atoms with E-state index in [-0.39, 0.29) is 11.9 Å². The Balaban J connectivity index is 1.26. The molecule has 5 fully saturated rings. The number of nitrogens with one attached hydrogen (secondary N) is 1. The smallest absolute Gasteiger partial charge is 0.311 e. The van der Waals surface area contributed by atoms with Crippen LogP contribution in [-0.2, 0) is 9.59 Å². The zero-order valence-electron chi connectivity index (χ0n) is 19.1. The lowest BCUT2D eigenvalue weighted by Crippen LogP contribution is -2.68. The number of nitrogens with zero attached hydrogens (tertiary/aromatic N) is 1. The zero-order valence-corrected chi connectivity index (χ0v) is 19.9. The van der Waals surface area contributed by atoms with Gasteiger partial charge in [0.15, 0.2) is 0 Å². The Morgan fingerprint density at radius 2 is 1.66 bits per heavy atom. The Morgan fingerprint density at radius 1 is 1.06 bits per heavy atom. The van der Waals surface area contributed by atoms with Crippen LogP contribution in [0.1, 0.15) is 70.3 Å². The topological polar surface area (TPSA) is 69.6 Å². The number of hydrogen-bond donors (Lipinski definition) is 2. The van der Waals surface area contributed by atoms with Crippen LogP contribution in [0.25, 0.3) is 0 Å². The minimum absolute atomic E-state index is 0.0134. The normalized spacial score (nSPS) is 35.1. The predicted molar refractivity (Wildman–Crippen MR) is 125 cm³/mol. The number of aliphatic carboxylic acids is 1. The Hall–Kier alpha value is -1.59. The van der Waals surface area contributed by atoms with Crippen molar-refractivity contribution >= 4 is 23.5 Å². The maximum Gasteiger partial charge on any atom is 0.311 e. The highest BCUT2D eigenvalue weighted by Gasteiger charge is 2.61. The summed E-state index contributed by atoms with van der Waals surface area (Å²) in [5, 5.41) is 14.3. The average molecular weight is 459 g/mol. The molecule has 174 valence electrons. The van der Waals surface area contributed by atoms with Crippen LogP contribution in [0.4, 0.5) is 0 Å². The van der Waals surface area contributed by atoms with Gasteiger partial charge in [-0.15, -0.1) is 0 Å². The van der Waals surface area contributed by atoms with Crippen molar-refractivity contribution in [3.05, 3.63) is 34.9 Å². The lowest BCUT2D eigenvalue weighted by atomic mass is 9.47. The zero-order chi connectivity index (χ0) is 22.7. The van der Waals surface area contributed by atoms with E-state index >= 15 is 0 Å². The number of likely N-dealkylation sites (tertiary alicyclic amines) is 1. The third-order valence-corrected chi connectivity index (χ3v) is 9.46. The summed E-state index contributed by atoms with van der Waals surface area (Å²) >= 11 is 6.03. The molecular formula is C26H35ClN2O3. The van der Waals surface area contributed by atoms with Crippen molar-refractivity contribution in [3.8, 4) is 0 Å². The molecule has 3 unspecified atom stereocenters. The van der Waals surface area contributed by atoms with Gasteiger partial charge in [0, 0.05) is 11.1 Å². The molecule has 1 aromatic rings. The number of piperidine rings is 1. The molecule has 4 saturated carbocycles. The number of carboxylic acid groups (broad SMARTS) is 1. The Morgan fingerprint density at radius 3 is 2.22 bits per heavy atom. The summed E-state index contributed by atoms with van der Waals surface area (Å²) in [4.78, 5) is 28.2. The standard InChI is InChI=1S/C26H35ClN2O3/c1-25(2,29-9-7-19(8-10-29)18-3-5-21(27)6-4-18)23(30)28-22-20-12-16-11-17(13-20)15-26(22,14-16)24(31)32/h3-6,16-17,19-20,22H,7-15H2,1-2H3,(H,28,30)(H,31,32). The van der Waals surface area contributed by atoms with Gasteiger partial charge in [0.25, 0.3) is 0 Å². The first-order valence-electron chi connectivity index (χ1n) is 12.2. The first kappa shape index (κ1) is 22.2. The molecule has 32 heavy (non-hydrogen) atoms. The highest BCUT2D eigenvalue weighted by Crippen LogP contribution is 2.60. The monoisotopic (exact) mass is 458 g/mol. The van der Waals surface area contributed by atoms with Crippen LogP contribution in [0.5, 0.6) is 0 Å². The number of amides is 1. The number of carbonyl (C=O) groups is 2. The number of carbonyl (C=O) groups excluding carboxylic acids is 1. The van der Waals surface area contributed by atoms with Gasteiger partial charge in [-0.25, -0.2) is 0 Å². The van der Waals surface area contributed by atoms with Crippen molar-refractivity contribution < 1.29 is 14.7 Å². The van der Waals surface area contributed by atoms with Crippen LogP contribution in [-0.4, -0.2) is 46.6 Å². The second kappa shape index (κ2) is 8.02. The van der Waals surface area contributed by atoms with Crippen LogP contribution in [0.15, 0.2) is 24.3 Å². The van der Waals surface area contributed by atoms with Crippen molar-refractivity contribution in [2.75, 3.05) is 13.1 Å². The van der Waals surface area contributed by atoms with Crippen molar-refractivity contribution in [1.82, 2.24) is 10.2 Å². The second-order valence-corrected chi connectivity index (χ2v) is 11.8. The molecular weight excluding hydrogens is 424 g/mol. The van der Waals surface area contributed by atoms with E-state index in [9.17, 15) is 14.7 Å². The first-order valence-corrected chi connectivity index (χ1v) is 12.6. The van der Waals surface area contributed by atoms with Gasteiger partial charge in [0.05, 0.1) is 11.0 Å². The van der Waals surface area contributed by atoms with E-state index in [0.717, 1.165) is 56.6 Å². The second-order valence-electron chi connectivity index (χ2n) is 11.4. The van der Waals surface area contributed by atoms with Gasteiger partial charge >= 0.3 is 5.97 Å². The summed E-state index contributed by atoms with van der Waals surface area (Å²) in [6.45, 7) is 5.70. The molecule has 5 aliphatic rings. The van der Waals surface area contributed by atoms with E-state index in [1.807, 2.05) is 26.0 Å². The van der Waals surface area contributed by atoms with E-state index in [4.69, 9.17) is 11.6 Å². The number of rotatable bonds is 5. The molecule has 0 aromatic heterocycles. The molecule has 5 nitrogen and oxygen atoms in total. The molecule has 2 N–H and O–H groups in total. The van der Waals surface area contributed by atoms with Gasteiger partial charge < -0.3 is 10.4 Å². The molecule has 1 heterocycles. The van der Waals surface area contributed by atoms with Crippen LogP contribution in [0.2, 0.25) is 5.02 Å². The van der Waals surface area contributed by atoms with Gasteiger partial charge in [0.1, 0.15) is 0 Å². The highest BCUT2D eigenvalue weighted by molar-refractivity contribution is 6.30. The third kappa shape index (κ3) is 3.66. The molecule has 0 spiro atoms. The van der Waals surface area contributed by atoms with E-state index in [1.54, 1.807) is 0 Å². The summed E-state index contributed by atoms with van der Waals surface area (Å²) in [5.41, 5.74) is -0.102. The number of halogens is 1. The van der Waals surface area contributed by atoms with Gasteiger partial charge in [-0.1, -0.05) is 23.7 Å². The van der Waals surface area contributed by atoms with Crippen LogP contribution >= 0.6 is 11.6 Å². The molecule has 0 radical (unpaired) electrons. The lowest BCUT2D eigenvalue weighted by Gasteiger charge is -2.59. The van der Waals surface area contributed by atoms with Crippen LogP contribution in [0.3, 0.4) is 0 Å². The summed E-state index contributed by atoms with van der Waals surface area (Å²) < 4.78 is 0. The molecule has 6 rings (SSSR count). The molecule has 4 aliphatic carbocycles. The maximum absolute atomic E-state index is 13.5. The number of hydrogen-bond acceptors (Lipinski definition) is 3. The fourth-order valence-corrected chi connectivity index (χ4v) is 7.70. The summed E-state index contributed by atoms with van der Waals surface area (Å²) in [7, 11) is 0.